The topological polar surface area (TPSA) is 92.2 Å². The Bertz CT molecular complexity index is 120. The van der Waals surface area contributed by atoms with Crippen LogP contribution in [-0.2, 0) is 4.79 Å². The van der Waals surface area contributed by atoms with Gasteiger partial charge in [-0.2, -0.15) is 5.84 Å². The van der Waals surface area contributed by atoms with Gasteiger partial charge >= 0.3 is 0 Å². The predicted octanol–water partition coefficient (Wildman–Crippen LogP) is -1.96. The molecule has 0 heterocycles. The lowest BCUT2D eigenvalue weighted by molar-refractivity contribution is -0.902. The number of carbonyl (C=O) groups excluding carboxylic acids is 1. The summed E-state index contributed by atoms with van der Waals surface area (Å²) < 4.78 is 0.594. The third-order valence-corrected chi connectivity index (χ3v) is 0.967. The van der Waals surface area contributed by atoms with Crippen LogP contribution in [0.3, 0.4) is 0 Å². The highest BCUT2D eigenvalue weighted by Gasteiger charge is 2.02. The van der Waals surface area contributed by atoms with Crippen LogP contribution in [0.15, 0.2) is 0 Å². The van der Waals surface area contributed by atoms with E-state index >= 15 is 0 Å². The van der Waals surface area contributed by atoms with Gasteiger partial charge in [0.2, 0.25) is 0 Å². The Labute approximate surface area is 73.5 Å². The minimum atomic E-state index is -1.22. The van der Waals surface area contributed by atoms with E-state index in [1.165, 1.54) is 0 Å². The van der Waals surface area contributed by atoms with Crippen LogP contribution in [0, 0.1) is 0 Å². The zero-order valence-electron chi connectivity index (χ0n) is 8.04. The Balaban J connectivity index is 0. The number of rotatable bonds is 3. The van der Waals surface area contributed by atoms with Crippen LogP contribution in [0.5, 0.6) is 0 Å². The first-order valence-electron chi connectivity index (χ1n) is 3.85. The second-order valence-corrected chi connectivity index (χ2v) is 3.08. The molecule has 0 aliphatic carbocycles. The lowest BCUT2D eigenvalue weighted by Crippen LogP contribution is -2.46. The first-order chi connectivity index (χ1) is 5.33. The number of quaternary nitrogens is 1. The predicted molar refractivity (Wildman–Crippen MR) is 45.5 cm³/mol. The van der Waals surface area contributed by atoms with Crippen molar-refractivity contribution >= 4 is 5.97 Å². The summed E-state index contributed by atoms with van der Waals surface area (Å²) in [6, 6.07) is 0. The van der Waals surface area contributed by atoms with Gasteiger partial charge in [0.05, 0.1) is 26.6 Å². The summed E-state index contributed by atoms with van der Waals surface area (Å²) in [5.41, 5.74) is 4.51. The lowest BCUT2D eigenvalue weighted by atomic mass is 10.4. The van der Waals surface area contributed by atoms with Gasteiger partial charge in [0.15, 0.2) is 0 Å². The maximum absolute atomic E-state index is 9.13. The van der Waals surface area contributed by atoms with Gasteiger partial charge in [-0.3, -0.25) is 4.59 Å². The van der Waals surface area contributed by atoms with Gasteiger partial charge in [-0.1, -0.05) is 6.92 Å². The summed E-state index contributed by atoms with van der Waals surface area (Å²) in [6.45, 7) is 2.80. The summed E-state index contributed by atoms with van der Waals surface area (Å²) >= 11 is 0. The third-order valence-electron chi connectivity index (χ3n) is 0.967. The van der Waals surface area contributed by atoms with Crippen LogP contribution >= 0.6 is 0 Å². The van der Waals surface area contributed by atoms with Crippen LogP contribution < -0.4 is 16.7 Å². The zero-order valence-corrected chi connectivity index (χ0v) is 8.04. The highest BCUT2D eigenvalue weighted by molar-refractivity contribution is 5.66. The van der Waals surface area contributed by atoms with E-state index in [0.717, 1.165) is 13.0 Å². The SMILES string of the molecule is CCC[N+](C)(C)N.NCC(=O)[O-]. The highest BCUT2D eigenvalue weighted by atomic mass is 16.4. The molecule has 12 heavy (non-hydrogen) atoms. The molecule has 0 spiro atoms. The van der Waals surface area contributed by atoms with E-state index in [2.05, 4.69) is 12.7 Å². The lowest BCUT2D eigenvalue weighted by Gasteiger charge is -2.20. The first-order valence-corrected chi connectivity index (χ1v) is 3.85. The van der Waals surface area contributed by atoms with Crippen LogP contribution in [0.25, 0.3) is 0 Å². The van der Waals surface area contributed by atoms with Crippen molar-refractivity contribution in [3.05, 3.63) is 0 Å². The van der Waals surface area contributed by atoms with Crippen molar-refractivity contribution in [2.75, 3.05) is 27.2 Å². The van der Waals surface area contributed by atoms with Gasteiger partial charge in [-0.05, 0) is 6.42 Å². The van der Waals surface area contributed by atoms with E-state index in [0.29, 0.717) is 4.59 Å². The molecule has 4 N–H and O–H groups in total. The normalized spacial score (nSPS) is 10.1. The Morgan fingerprint density at radius 1 is 1.50 bits per heavy atom. The number of carbonyl (C=O) groups is 1. The highest BCUT2D eigenvalue weighted by Crippen LogP contribution is 1.85. The van der Waals surface area contributed by atoms with Gasteiger partial charge < -0.3 is 15.6 Å². The van der Waals surface area contributed by atoms with Crippen molar-refractivity contribution < 1.29 is 14.5 Å². The smallest absolute Gasteiger partial charge is 0.0953 e. The maximum atomic E-state index is 9.13. The summed E-state index contributed by atoms with van der Waals surface area (Å²) in [7, 11) is 3.98. The standard InChI is InChI=1S/C5H15N2.C2H5NO2/c1-4-5-7(2,3)6;3-1-2(4)5/h4-6H2,1-3H3;1,3H2,(H,4,5)/q+1;/p-1. The van der Waals surface area contributed by atoms with Gasteiger partial charge in [0.25, 0.3) is 0 Å². The molecule has 0 rings (SSSR count). The molecule has 0 aromatic rings. The van der Waals surface area contributed by atoms with Gasteiger partial charge in [0.1, 0.15) is 0 Å². The van der Waals surface area contributed by atoms with Gasteiger partial charge in [-0.25, -0.2) is 0 Å². The molecule has 0 radical (unpaired) electrons. The van der Waals surface area contributed by atoms with Crippen LogP contribution in [0.4, 0.5) is 0 Å². The molecule has 5 nitrogen and oxygen atoms in total. The number of hydrogen-bond donors (Lipinski definition) is 2. The Hall–Kier alpha value is -0.650. The van der Waals surface area contributed by atoms with E-state index in [1.54, 1.807) is 0 Å². The molecule has 0 amide bonds. The minimum absolute atomic E-state index is 0.389. The molecule has 0 aromatic carbocycles. The van der Waals surface area contributed by atoms with E-state index in [9.17, 15) is 0 Å². The fraction of sp³-hybridized carbons (Fsp3) is 0.857. The fourth-order valence-electron chi connectivity index (χ4n) is 0.576. The van der Waals surface area contributed by atoms with E-state index in [-0.39, 0.29) is 6.54 Å². The average molecular weight is 177 g/mol. The Morgan fingerprint density at radius 3 is 1.83 bits per heavy atom. The number of hydrogen-bond acceptors (Lipinski definition) is 4. The average Bonchev–Trinajstić information content (AvgIpc) is 1.86. The molecule has 0 saturated carbocycles. The molecule has 0 saturated heterocycles. The van der Waals surface area contributed by atoms with Crippen molar-refractivity contribution in [2.24, 2.45) is 11.6 Å². The molecular weight excluding hydrogens is 158 g/mol. The number of nitrogens with two attached hydrogens (primary N) is 2. The van der Waals surface area contributed by atoms with E-state index in [1.807, 2.05) is 14.1 Å². The molecule has 0 unspecified atom stereocenters. The zero-order chi connectivity index (χ0) is 10.2. The summed E-state index contributed by atoms with van der Waals surface area (Å²) in [5.74, 6) is 4.37. The van der Waals surface area contributed by atoms with E-state index in [4.69, 9.17) is 15.7 Å². The molecule has 0 bridgehead atoms. The third kappa shape index (κ3) is 22.8. The van der Waals surface area contributed by atoms with Crippen LogP contribution in [0.2, 0.25) is 0 Å². The van der Waals surface area contributed by atoms with Crippen molar-refractivity contribution in [1.82, 2.24) is 0 Å². The molecule has 0 atom stereocenters. The number of aliphatic carboxylic acids is 1. The summed E-state index contributed by atoms with van der Waals surface area (Å²) in [6.07, 6.45) is 1.16. The molecule has 0 fully saturated rings. The molecule has 0 aromatic heterocycles. The number of carboxylic acid groups (broad SMARTS) is 1. The Kier molecular flexibility index (Phi) is 8.14. The van der Waals surface area contributed by atoms with Crippen molar-refractivity contribution in [2.45, 2.75) is 13.3 Å². The number of carboxylic acids is 1. The largest absolute Gasteiger partial charge is 0.549 e. The van der Waals surface area contributed by atoms with Crippen molar-refractivity contribution in [3.8, 4) is 0 Å². The first kappa shape index (κ1) is 13.9. The molecule has 5 heteroatoms. The van der Waals surface area contributed by atoms with Crippen LogP contribution in [0.1, 0.15) is 13.3 Å². The second-order valence-electron chi connectivity index (χ2n) is 3.08. The van der Waals surface area contributed by atoms with Gasteiger partial charge in [-0.15, -0.1) is 0 Å². The number of nitrogens with zero attached hydrogens (tertiary/aromatic N) is 1. The summed E-state index contributed by atoms with van der Waals surface area (Å²) in [4.78, 5) is 9.13. The molecule has 74 valence electrons. The molecule has 0 aliphatic rings. The molecule has 0 aliphatic heterocycles. The fourth-order valence-corrected chi connectivity index (χ4v) is 0.576. The van der Waals surface area contributed by atoms with Crippen molar-refractivity contribution in [1.29, 1.82) is 0 Å². The second kappa shape index (κ2) is 7.02. The summed E-state index contributed by atoms with van der Waals surface area (Å²) in [5, 5.41) is 9.13. The van der Waals surface area contributed by atoms with Gasteiger partial charge in [0, 0.05) is 6.54 Å². The van der Waals surface area contributed by atoms with Crippen molar-refractivity contribution in [3.63, 3.8) is 0 Å². The maximum Gasteiger partial charge on any atom is 0.0953 e. The quantitative estimate of drug-likeness (QED) is 0.297. The Morgan fingerprint density at radius 2 is 1.83 bits per heavy atom. The van der Waals surface area contributed by atoms with Crippen LogP contribution in [-0.4, -0.2) is 37.7 Å². The minimum Gasteiger partial charge on any atom is -0.549 e. The van der Waals surface area contributed by atoms with E-state index < -0.39 is 5.97 Å². The molecular formula is C7H19N3O2. The monoisotopic (exact) mass is 177 g/mol.